The van der Waals surface area contributed by atoms with Crippen LogP contribution in [0.25, 0.3) is 22.2 Å². The number of nitrogens with one attached hydrogen (secondary N) is 1. The summed E-state index contributed by atoms with van der Waals surface area (Å²) in [5, 5.41) is 12.2. The number of nitrogens with zero attached hydrogens (tertiary/aromatic N) is 7. The summed E-state index contributed by atoms with van der Waals surface area (Å²) in [6.45, 7) is 4.10. The van der Waals surface area contributed by atoms with Gasteiger partial charge in [-0.1, -0.05) is 36.1 Å². The number of benzene rings is 2. The number of rotatable bonds is 7. The molecule has 0 aliphatic carbocycles. The Morgan fingerprint density at radius 2 is 1.86 bits per heavy atom. The minimum atomic E-state index is -0.647. The molecule has 1 N–H and O–H groups in total. The number of ether oxygens (including phenoxy) is 1. The van der Waals surface area contributed by atoms with E-state index < -0.39 is 6.04 Å². The summed E-state index contributed by atoms with van der Waals surface area (Å²) in [5.41, 5.74) is 4.42. The fraction of sp³-hybridized carbons (Fsp3) is 0.212. The van der Waals surface area contributed by atoms with Gasteiger partial charge in [-0.25, -0.2) is 14.5 Å². The number of aryl methyl sites for hydroxylation is 2. The number of aromatic nitrogens is 7. The van der Waals surface area contributed by atoms with Crippen LogP contribution in [0.2, 0.25) is 0 Å². The highest BCUT2D eigenvalue weighted by Crippen LogP contribution is 2.22. The Morgan fingerprint density at radius 1 is 1.07 bits per heavy atom. The largest absolute Gasteiger partial charge is 0.384 e. The Balaban J connectivity index is 1.45. The van der Waals surface area contributed by atoms with Crippen molar-refractivity contribution in [3.8, 4) is 17.5 Å². The monoisotopic (exact) mass is 586 g/mol. The zero-order valence-corrected chi connectivity index (χ0v) is 24.8. The van der Waals surface area contributed by atoms with Crippen LogP contribution < -0.4 is 10.9 Å². The fourth-order valence-electron chi connectivity index (χ4n) is 5.26. The van der Waals surface area contributed by atoms with E-state index in [0.717, 1.165) is 11.3 Å². The molecule has 11 heteroatoms. The Bertz CT molecular complexity index is 2130. The Morgan fingerprint density at radius 3 is 2.66 bits per heavy atom. The van der Waals surface area contributed by atoms with Crippen LogP contribution >= 0.6 is 0 Å². The van der Waals surface area contributed by atoms with Crippen molar-refractivity contribution in [2.45, 2.75) is 26.3 Å². The van der Waals surface area contributed by atoms with Gasteiger partial charge in [0, 0.05) is 38.5 Å². The lowest BCUT2D eigenvalue weighted by Gasteiger charge is -2.20. The van der Waals surface area contributed by atoms with Crippen LogP contribution in [0.3, 0.4) is 0 Å². The third-order valence-electron chi connectivity index (χ3n) is 7.41. The van der Waals surface area contributed by atoms with Gasteiger partial charge in [-0.15, -0.1) is 0 Å². The maximum atomic E-state index is 14.3. The van der Waals surface area contributed by atoms with Gasteiger partial charge in [0.05, 0.1) is 52.4 Å². The summed E-state index contributed by atoms with van der Waals surface area (Å²) in [7, 11) is 3.52. The molecule has 0 radical (unpaired) electrons. The van der Waals surface area contributed by atoms with Crippen LogP contribution in [-0.2, 0) is 18.2 Å². The van der Waals surface area contributed by atoms with Gasteiger partial charge in [-0.05, 0) is 44.2 Å². The summed E-state index contributed by atoms with van der Waals surface area (Å²) in [5.74, 6) is 6.41. The average molecular weight is 587 g/mol. The molecule has 0 bridgehead atoms. The molecule has 1 atom stereocenters. The molecule has 11 nitrogen and oxygen atoms in total. The molecule has 44 heavy (non-hydrogen) atoms. The first-order chi connectivity index (χ1) is 21.4. The molecule has 2 aromatic carbocycles. The van der Waals surface area contributed by atoms with Gasteiger partial charge in [0.25, 0.3) is 11.5 Å². The first kappa shape index (κ1) is 28.5. The van der Waals surface area contributed by atoms with Crippen molar-refractivity contribution in [2.24, 2.45) is 7.05 Å². The van der Waals surface area contributed by atoms with Gasteiger partial charge in [-0.2, -0.15) is 10.2 Å². The molecule has 4 aromatic heterocycles. The molecular formula is C33H30N8O3. The quantitative estimate of drug-likeness (QED) is 0.284. The summed E-state index contributed by atoms with van der Waals surface area (Å²) in [6.07, 6.45) is 5.73. The van der Waals surface area contributed by atoms with Crippen molar-refractivity contribution >= 4 is 22.5 Å². The Kier molecular flexibility index (Phi) is 7.74. The number of hydrogen-bond acceptors (Lipinski definition) is 7. The lowest BCUT2D eigenvalue weighted by molar-refractivity contribution is 0.0938. The summed E-state index contributed by atoms with van der Waals surface area (Å²) in [4.78, 5) is 37.1. The van der Waals surface area contributed by atoms with Gasteiger partial charge in [0.15, 0.2) is 5.65 Å². The number of hydrogen-bond donors (Lipinski definition) is 1. The van der Waals surface area contributed by atoms with Gasteiger partial charge >= 0.3 is 0 Å². The minimum Gasteiger partial charge on any atom is -0.384 e. The van der Waals surface area contributed by atoms with E-state index in [-0.39, 0.29) is 11.5 Å². The highest BCUT2D eigenvalue weighted by atomic mass is 16.5. The van der Waals surface area contributed by atoms with Crippen molar-refractivity contribution in [3.05, 3.63) is 117 Å². The smallest absolute Gasteiger partial charge is 0.267 e. The van der Waals surface area contributed by atoms with E-state index in [1.54, 1.807) is 60.9 Å². The van der Waals surface area contributed by atoms with Gasteiger partial charge in [0.1, 0.15) is 11.4 Å². The molecule has 0 saturated carbocycles. The number of para-hydroxylation sites is 1. The first-order valence-electron chi connectivity index (χ1n) is 14.1. The summed E-state index contributed by atoms with van der Waals surface area (Å²) < 4.78 is 10.1. The molecule has 6 aromatic rings. The normalized spacial score (nSPS) is 11.8. The van der Waals surface area contributed by atoms with Gasteiger partial charge < -0.3 is 10.1 Å². The number of fused-ring (bicyclic) bond motifs is 2. The highest BCUT2D eigenvalue weighted by Gasteiger charge is 2.24. The lowest BCUT2D eigenvalue weighted by Crippen LogP contribution is -2.33. The van der Waals surface area contributed by atoms with Crippen LogP contribution in [0.1, 0.15) is 51.7 Å². The third kappa shape index (κ3) is 5.23. The Hall–Kier alpha value is -5.60. The molecule has 0 aliphatic heterocycles. The van der Waals surface area contributed by atoms with E-state index in [1.807, 2.05) is 49.5 Å². The van der Waals surface area contributed by atoms with E-state index in [2.05, 4.69) is 32.3 Å². The molecule has 0 saturated heterocycles. The van der Waals surface area contributed by atoms with Crippen molar-refractivity contribution in [3.63, 3.8) is 0 Å². The molecule has 220 valence electrons. The van der Waals surface area contributed by atoms with Crippen molar-refractivity contribution in [2.75, 3.05) is 13.7 Å². The first-order valence-corrected chi connectivity index (χ1v) is 14.1. The minimum absolute atomic E-state index is 0.290. The van der Waals surface area contributed by atoms with Crippen molar-refractivity contribution in [1.29, 1.82) is 0 Å². The molecule has 0 fully saturated rings. The van der Waals surface area contributed by atoms with E-state index in [1.165, 1.54) is 4.57 Å². The number of carbonyl (C=O) groups is 1. The number of methoxy groups -OCH3 is 1. The van der Waals surface area contributed by atoms with Crippen LogP contribution in [0.4, 0.5) is 0 Å². The van der Waals surface area contributed by atoms with Crippen LogP contribution in [0, 0.1) is 18.8 Å². The molecule has 4 heterocycles. The standard InChI is InChI=1S/C33H30N8O3/c1-21-28(31-34-17-9-18-40(31)38-21)32(42)36-22(2)30-37-26-13-8-10-23(14-15-24-20-35-39(3)27(24)16-19-44-4)29(26)33(43)41(30)25-11-6-5-7-12-25/h5-13,17-18,20,22H,16,19H2,1-4H3,(H,36,42)/t22-/m0/s1. The zero-order valence-electron chi connectivity index (χ0n) is 24.8. The molecule has 1 amide bonds. The molecular weight excluding hydrogens is 556 g/mol. The van der Waals surface area contributed by atoms with Gasteiger partial charge in [0.2, 0.25) is 0 Å². The van der Waals surface area contributed by atoms with Crippen molar-refractivity contribution < 1.29 is 9.53 Å². The summed E-state index contributed by atoms with van der Waals surface area (Å²) >= 11 is 0. The highest BCUT2D eigenvalue weighted by molar-refractivity contribution is 6.01. The molecule has 0 spiro atoms. The van der Waals surface area contributed by atoms with Crippen molar-refractivity contribution in [1.82, 2.24) is 39.2 Å². The van der Waals surface area contributed by atoms with Crippen LogP contribution in [-0.4, -0.2) is 53.6 Å². The van der Waals surface area contributed by atoms with E-state index >= 15 is 0 Å². The third-order valence-corrected chi connectivity index (χ3v) is 7.41. The maximum absolute atomic E-state index is 14.3. The zero-order chi connectivity index (χ0) is 30.8. The second-order valence-electron chi connectivity index (χ2n) is 10.3. The second kappa shape index (κ2) is 11.9. The van der Waals surface area contributed by atoms with Gasteiger partial charge in [-0.3, -0.25) is 18.8 Å². The number of carbonyl (C=O) groups excluding carboxylic acids is 1. The van der Waals surface area contributed by atoms with Crippen LogP contribution in [0.15, 0.2) is 78.0 Å². The van der Waals surface area contributed by atoms with E-state index in [0.29, 0.717) is 57.9 Å². The Labute approximate surface area is 253 Å². The number of amides is 1. The molecule has 0 aliphatic rings. The predicted molar refractivity (Wildman–Crippen MR) is 166 cm³/mol. The van der Waals surface area contributed by atoms with Crippen LogP contribution in [0.5, 0.6) is 0 Å². The predicted octanol–water partition coefficient (Wildman–Crippen LogP) is 3.55. The SMILES string of the molecule is COCCc1c(C#Cc2cccc3nc([C@H](C)NC(=O)c4c(C)nn5cccnc45)n(-c4ccccc4)c(=O)c23)cnn1C. The average Bonchev–Trinajstić information content (AvgIpc) is 3.56. The second-order valence-corrected chi connectivity index (χ2v) is 10.3. The van der Waals surface area contributed by atoms with E-state index in [9.17, 15) is 9.59 Å². The molecule has 0 unspecified atom stereocenters. The summed E-state index contributed by atoms with van der Waals surface area (Å²) in [6, 6.07) is 15.8. The fourth-order valence-corrected chi connectivity index (χ4v) is 5.26. The topological polar surface area (TPSA) is 121 Å². The van der Waals surface area contributed by atoms with E-state index in [4.69, 9.17) is 9.72 Å². The maximum Gasteiger partial charge on any atom is 0.267 e. The lowest BCUT2D eigenvalue weighted by atomic mass is 10.1. The molecule has 6 rings (SSSR count).